The van der Waals surface area contributed by atoms with Crippen molar-refractivity contribution < 1.29 is 9.13 Å². The molecule has 192 valence electrons. The fourth-order valence-corrected chi connectivity index (χ4v) is 4.39. The van der Waals surface area contributed by atoms with Crippen molar-refractivity contribution in [3.05, 3.63) is 86.9 Å². The third kappa shape index (κ3) is 5.45. The summed E-state index contributed by atoms with van der Waals surface area (Å²) in [6, 6.07) is 13.3. The van der Waals surface area contributed by atoms with Gasteiger partial charge in [0, 0.05) is 45.3 Å². The molecule has 0 bridgehead atoms. The van der Waals surface area contributed by atoms with E-state index in [1.165, 1.54) is 29.9 Å². The topological polar surface area (TPSA) is 85.5 Å². The number of hydrogen-bond donors (Lipinski definition) is 0. The molecule has 0 spiro atoms. The molecular formula is C27H29FN6O3. The molecule has 0 unspecified atom stereocenters. The Morgan fingerprint density at radius 3 is 2.35 bits per heavy atom. The van der Waals surface area contributed by atoms with E-state index in [2.05, 4.69) is 26.8 Å². The smallest absolute Gasteiger partial charge is 0.331 e. The third-order valence-electron chi connectivity index (χ3n) is 6.72. The van der Waals surface area contributed by atoms with Crippen molar-refractivity contribution in [1.82, 2.24) is 28.9 Å². The molecule has 4 aromatic rings. The van der Waals surface area contributed by atoms with Gasteiger partial charge < -0.3 is 9.64 Å². The first kappa shape index (κ1) is 24.8. The average Bonchev–Trinajstić information content (AvgIpc) is 2.92. The zero-order valence-electron chi connectivity index (χ0n) is 20.9. The van der Waals surface area contributed by atoms with Gasteiger partial charge in [0.1, 0.15) is 18.2 Å². The summed E-state index contributed by atoms with van der Waals surface area (Å²) in [6.07, 6.45) is 1.49. The van der Waals surface area contributed by atoms with Crippen LogP contribution in [0.15, 0.2) is 64.3 Å². The van der Waals surface area contributed by atoms with Gasteiger partial charge in [-0.1, -0.05) is 12.1 Å². The standard InChI is InChI=1S/C27H29FN6O3/c1-31-11-13-33(14-12-31)15-16-37-22-9-5-20(6-10-22)25-29-17-23-24(30-25)26(35)32(2)27(36)34(23)18-19-3-7-21(28)8-4-19/h3-10,17H,11-16,18H2,1-2H3. The van der Waals surface area contributed by atoms with Gasteiger partial charge in [0.15, 0.2) is 11.3 Å². The summed E-state index contributed by atoms with van der Waals surface area (Å²) in [4.78, 5) is 39.4. The first-order chi connectivity index (χ1) is 17.9. The number of halogens is 1. The summed E-state index contributed by atoms with van der Waals surface area (Å²) >= 11 is 0. The lowest BCUT2D eigenvalue weighted by Crippen LogP contribution is -2.45. The second-order valence-electron chi connectivity index (χ2n) is 9.30. The number of hydrogen-bond acceptors (Lipinski definition) is 7. The molecular weight excluding hydrogens is 475 g/mol. The molecule has 0 N–H and O–H groups in total. The minimum atomic E-state index is -0.497. The van der Waals surface area contributed by atoms with E-state index >= 15 is 0 Å². The second-order valence-corrected chi connectivity index (χ2v) is 9.30. The molecule has 9 nitrogen and oxygen atoms in total. The molecule has 0 amide bonds. The molecule has 3 heterocycles. The summed E-state index contributed by atoms with van der Waals surface area (Å²) in [5.74, 6) is 0.768. The normalized spacial score (nSPS) is 14.8. The lowest BCUT2D eigenvalue weighted by Gasteiger charge is -2.32. The maximum atomic E-state index is 13.3. The van der Waals surface area contributed by atoms with Crippen molar-refractivity contribution in [2.45, 2.75) is 6.54 Å². The van der Waals surface area contributed by atoms with Crippen LogP contribution >= 0.6 is 0 Å². The number of piperazine rings is 1. The van der Waals surface area contributed by atoms with Gasteiger partial charge in [0.2, 0.25) is 0 Å². The highest BCUT2D eigenvalue weighted by atomic mass is 19.1. The fourth-order valence-electron chi connectivity index (χ4n) is 4.39. The van der Waals surface area contributed by atoms with Crippen LogP contribution in [0.4, 0.5) is 4.39 Å². The first-order valence-corrected chi connectivity index (χ1v) is 12.2. The lowest BCUT2D eigenvalue weighted by molar-refractivity contribution is 0.134. The summed E-state index contributed by atoms with van der Waals surface area (Å²) in [5, 5.41) is 0. The predicted molar refractivity (Wildman–Crippen MR) is 139 cm³/mol. The van der Waals surface area contributed by atoms with Gasteiger partial charge in [-0.3, -0.25) is 18.8 Å². The summed E-state index contributed by atoms with van der Waals surface area (Å²) < 4.78 is 21.7. The van der Waals surface area contributed by atoms with Gasteiger partial charge in [-0.05, 0) is 49.0 Å². The second kappa shape index (κ2) is 10.6. The van der Waals surface area contributed by atoms with Crippen molar-refractivity contribution in [3.8, 4) is 17.1 Å². The quantitative estimate of drug-likeness (QED) is 0.380. The Bertz CT molecular complexity index is 1510. The Balaban J connectivity index is 1.35. The van der Waals surface area contributed by atoms with Crippen LogP contribution in [-0.4, -0.2) is 75.3 Å². The van der Waals surface area contributed by atoms with E-state index in [1.807, 2.05) is 24.3 Å². The monoisotopic (exact) mass is 504 g/mol. The Kier molecular flexibility index (Phi) is 7.11. The molecule has 0 radical (unpaired) electrons. The van der Waals surface area contributed by atoms with Gasteiger partial charge >= 0.3 is 5.69 Å². The Hall–Kier alpha value is -3.89. The maximum absolute atomic E-state index is 13.3. The van der Waals surface area contributed by atoms with E-state index in [9.17, 15) is 14.0 Å². The molecule has 2 aromatic heterocycles. The van der Waals surface area contributed by atoms with Crippen LogP contribution in [0.3, 0.4) is 0 Å². The zero-order chi connectivity index (χ0) is 25.9. The molecule has 1 aliphatic heterocycles. The predicted octanol–water partition coefficient (Wildman–Crippen LogP) is 1.97. The zero-order valence-corrected chi connectivity index (χ0v) is 20.9. The number of aromatic nitrogens is 4. The number of fused-ring (bicyclic) bond motifs is 1. The molecule has 0 aliphatic carbocycles. The number of likely N-dealkylation sites (N-methyl/N-ethyl adjacent to an activating group) is 1. The molecule has 10 heteroatoms. The van der Waals surface area contributed by atoms with Crippen LogP contribution < -0.4 is 16.0 Å². The van der Waals surface area contributed by atoms with E-state index in [1.54, 1.807) is 12.1 Å². The number of nitrogens with zero attached hydrogens (tertiary/aromatic N) is 6. The van der Waals surface area contributed by atoms with E-state index in [4.69, 9.17) is 4.74 Å². The van der Waals surface area contributed by atoms with E-state index in [0.29, 0.717) is 17.9 Å². The highest BCUT2D eigenvalue weighted by molar-refractivity contribution is 5.75. The van der Waals surface area contributed by atoms with E-state index < -0.39 is 11.2 Å². The molecule has 1 saturated heterocycles. The maximum Gasteiger partial charge on any atom is 0.331 e. The SMILES string of the molecule is CN1CCN(CCOc2ccc(-c3ncc4c(n3)c(=O)n(C)c(=O)n4Cc3ccc(F)cc3)cc2)CC1. The average molecular weight is 505 g/mol. The molecule has 2 aromatic carbocycles. The molecule has 0 saturated carbocycles. The Labute approximate surface area is 213 Å². The molecule has 1 aliphatic rings. The third-order valence-corrected chi connectivity index (χ3v) is 6.72. The van der Waals surface area contributed by atoms with Crippen LogP contribution in [0, 0.1) is 5.82 Å². The van der Waals surface area contributed by atoms with Crippen LogP contribution in [0.1, 0.15) is 5.56 Å². The summed E-state index contributed by atoms with van der Waals surface area (Å²) in [6.45, 7) is 5.90. The highest BCUT2D eigenvalue weighted by Gasteiger charge is 2.16. The van der Waals surface area contributed by atoms with Crippen LogP contribution in [0.5, 0.6) is 5.75 Å². The minimum Gasteiger partial charge on any atom is -0.492 e. The highest BCUT2D eigenvalue weighted by Crippen LogP contribution is 2.21. The Morgan fingerprint density at radius 1 is 0.946 bits per heavy atom. The molecule has 37 heavy (non-hydrogen) atoms. The number of ether oxygens (including phenoxy) is 1. The van der Waals surface area contributed by atoms with Crippen molar-refractivity contribution in [1.29, 1.82) is 0 Å². The summed E-state index contributed by atoms with van der Waals surface area (Å²) in [5.41, 5.74) is 0.924. The van der Waals surface area contributed by atoms with Gasteiger partial charge in [-0.2, -0.15) is 0 Å². The first-order valence-electron chi connectivity index (χ1n) is 12.2. The number of rotatable bonds is 7. The van der Waals surface area contributed by atoms with Crippen LogP contribution in [-0.2, 0) is 13.6 Å². The van der Waals surface area contributed by atoms with Gasteiger partial charge in [0.05, 0.1) is 18.3 Å². The van der Waals surface area contributed by atoms with Crippen LogP contribution in [0.25, 0.3) is 22.4 Å². The molecule has 5 rings (SSSR count). The molecule has 0 atom stereocenters. The largest absolute Gasteiger partial charge is 0.492 e. The Morgan fingerprint density at radius 2 is 1.65 bits per heavy atom. The summed E-state index contributed by atoms with van der Waals surface area (Å²) in [7, 11) is 3.56. The van der Waals surface area contributed by atoms with Gasteiger partial charge in [0.25, 0.3) is 5.56 Å². The van der Waals surface area contributed by atoms with Gasteiger partial charge in [-0.15, -0.1) is 0 Å². The van der Waals surface area contributed by atoms with Crippen molar-refractivity contribution in [2.24, 2.45) is 7.05 Å². The molecule has 1 fully saturated rings. The van der Waals surface area contributed by atoms with Crippen molar-refractivity contribution in [2.75, 3.05) is 46.4 Å². The van der Waals surface area contributed by atoms with Crippen molar-refractivity contribution in [3.63, 3.8) is 0 Å². The van der Waals surface area contributed by atoms with Gasteiger partial charge in [-0.25, -0.2) is 19.2 Å². The van der Waals surface area contributed by atoms with E-state index in [0.717, 1.165) is 54.2 Å². The van der Waals surface area contributed by atoms with E-state index in [-0.39, 0.29) is 17.9 Å². The lowest BCUT2D eigenvalue weighted by atomic mass is 10.2. The number of benzene rings is 2. The van der Waals surface area contributed by atoms with Crippen LogP contribution in [0.2, 0.25) is 0 Å². The minimum absolute atomic E-state index is 0.140. The van der Waals surface area contributed by atoms with Crippen molar-refractivity contribution >= 4 is 11.0 Å². The fraction of sp³-hybridized carbons (Fsp3) is 0.333.